The van der Waals surface area contributed by atoms with Crippen molar-refractivity contribution in [3.63, 3.8) is 0 Å². The van der Waals surface area contributed by atoms with Gasteiger partial charge in [-0.05, 0) is 54.9 Å². The summed E-state index contributed by atoms with van der Waals surface area (Å²) in [6.07, 6.45) is 5.45. The molecule has 0 aliphatic heterocycles. The summed E-state index contributed by atoms with van der Waals surface area (Å²) < 4.78 is 0. The van der Waals surface area contributed by atoms with E-state index in [9.17, 15) is 0 Å². The van der Waals surface area contributed by atoms with Gasteiger partial charge in [-0.3, -0.25) is 0 Å². The first-order chi connectivity index (χ1) is 7.66. The average molecular weight is 301 g/mol. The standard InChI is InChI=1S/C14H21BrS/c1-10(2)11-5-6-14(15)12(8-11)9-13-4-3-7-16-13/h3-4,7,10-12,14H,5-6,8-9H2,1-2H3. The number of hydrogen-bond donors (Lipinski definition) is 0. The van der Waals surface area contributed by atoms with Crippen LogP contribution in [0.25, 0.3) is 0 Å². The van der Waals surface area contributed by atoms with Gasteiger partial charge in [0.15, 0.2) is 0 Å². The molecule has 0 amide bonds. The van der Waals surface area contributed by atoms with Crippen LogP contribution in [0.2, 0.25) is 0 Å². The maximum absolute atomic E-state index is 3.88. The van der Waals surface area contributed by atoms with Crippen molar-refractivity contribution in [2.45, 2.75) is 44.4 Å². The van der Waals surface area contributed by atoms with Gasteiger partial charge in [0, 0.05) is 9.70 Å². The predicted molar refractivity (Wildman–Crippen MR) is 76.4 cm³/mol. The zero-order valence-corrected chi connectivity index (χ0v) is 12.6. The van der Waals surface area contributed by atoms with Crippen molar-refractivity contribution in [2.24, 2.45) is 17.8 Å². The fourth-order valence-electron chi connectivity index (χ4n) is 2.77. The van der Waals surface area contributed by atoms with Gasteiger partial charge < -0.3 is 0 Å². The van der Waals surface area contributed by atoms with Gasteiger partial charge in [-0.1, -0.05) is 35.8 Å². The third-order valence-electron chi connectivity index (χ3n) is 3.92. The Morgan fingerprint density at radius 2 is 2.25 bits per heavy atom. The summed E-state index contributed by atoms with van der Waals surface area (Å²) in [5.74, 6) is 2.64. The molecular weight excluding hydrogens is 280 g/mol. The van der Waals surface area contributed by atoms with E-state index in [0.717, 1.165) is 22.6 Å². The molecule has 0 bridgehead atoms. The van der Waals surface area contributed by atoms with Crippen LogP contribution < -0.4 is 0 Å². The first kappa shape index (κ1) is 12.6. The number of thiophene rings is 1. The van der Waals surface area contributed by atoms with Gasteiger partial charge in [0.05, 0.1) is 0 Å². The SMILES string of the molecule is CC(C)C1CCC(Br)C(Cc2cccs2)C1. The van der Waals surface area contributed by atoms with Crippen LogP contribution in [-0.2, 0) is 6.42 Å². The molecule has 0 saturated heterocycles. The van der Waals surface area contributed by atoms with Crippen molar-refractivity contribution < 1.29 is 0 Å². The monoisotopic (exact) mass is 300 g/mol. The van der Waals surface area contributed by atoms with E-state index < -0.39 is 0 Å². The molecule has 1 saturated carbocycles. The van der Waals surface area contributed by atoms with Gasteiger partial charge in [0.2, 0.25) is 0 Å². The summed E-state index contributed by atoms with van der Waals surface area (Å²) in [6, 6.07) is 4.45. The van der Waals surface area contributed by atoms with E-state index in [1.54, 1.807) is 4.88 Å². The maximum atomic E-state index is 3.88. The quantitative estimate of drug-likeness (QED) is 0.679. The zero-order valence-electron chi connectivity index (χ0n) is 10.2. The molecule has 0 spiro atoms. The minimum Gasteiger partial charge on any atom is -0.149 e. The van der Waals surface area contributed by atoms with Crippen molar-refractivity contribution in [1.29, 1.82) is 0 Å². The van der Waals surface area contributed by atoms with Gasteiger partial charge in [-0.15, -0.1) is 11.3 Å². The summed E-state index contributed by atoms with van der Waals surface area (Å²) in [5.41, 5.74) is 0. The van der Waals surface area contributed by atoms with Crippen LogP contribution >= 0.6 is 27.3 Å². The fourth-order valence-corrected chi connectivity index (χ4v) is 4.23. The Balaban J connectivity index is 1.96. The summed E-state index contributed by atoms with van der Waals surface area (Å²) in [6.45, 7) is 4.75. The van der Waals surface area contributed by atoms with Crippen LogP contribution in [0.1, 0.15) is 38.0 Å². The second kappa shape index (κ2) is 5.68. The Morgan fingerprint density at radius 1 is 1.44 bits per heavy atom. The van der Waals surface area contributed by atoms with E-state index in [1.165, 1.54) is 25.7 Å². The molecule has 0 aromatic carbocycles. The van der Waals surface area contributed by atoms with Crippen molar-refractivity contribution in [3.8, 4) is 0 Å². The van der Waals surface area contributed by atoms with Gasteiger partial charge >= 0.3 is 0 Å². The maximum Gasteiger partial charge on any atom is 0.0177 e. The van der Waals surface area contributed by atoms with Gasteiger partial charge in [-0.2, -0.15) is 0 Å². The van der Waals surface area contributed by atoms with Crippen LogP contribution in [0.5, 0.6) is 0 Å². The highest BCUT2D eigenvalue weighted by Gasteiger charge is 2.30. The average Bonchev–Trinajstić information content (AvgIpc) is 2.73. The van der Waals surface area contributed by atoms with Crippen LogP contribution in [-0.4, -0.2) is 4.83 Å². The molecule has 1 heterocycles. The molecule has 1 aromatic heterocycles. The number of rotatable bonds is 3. The molecule has 3 unspecified atom stereocenters. The summed E-state index contributed by atoms with van der Waals surface area (Å²) in [7, 11) is 0. The Bertz CT molecular complexity index is 305. The molecule has 1 aliphatic carbocycles. The Labute approximate surface area is 112 Å². The summed E-state index contributed by atoms with van der Waals surface area (Å²) >= 11 is 5.79. The molecule has 2 rings (SSSR count). The van der Waals surface area contributed by atoms with Crippen molar-refractivity contribution in [1.82, 2.24) is 0 Å². The molecule has 2 heteroatoms. The predicted octanol–water partition coefficient (Wildman–Crippen LogP) is 5.13. The van der Waals surface area contributed by atoms with Crippen molar-refractivity contribution >= 4 is 27.3 Å². The van der Waals surface area contributed by atoms with E-state index in [0.29, 0.717) is 0 Å². The van der Waals surface area contributed by atoms with Crippen LogP contribution in [0, 0.1) is 17.8 Å². The minimum absolute atomic E-state index is 0.740. The lowest BCUT2D eigenvalue weighted by atomic mass is 9.75. The third kappa shape index (κ3) is 3.10. The first-order valence-electron chi connectivity index (χ1n) is 6.33. The molecule has 0 radical (unpaired) electrons. The number of alkyl halides is 1. The topological polar surface area (TPSA) is 0 Å². The largest absolute Gasteiger partial charge is 0.149 e. The molecule has 0 N–H and O–H groups in total. The molecule has 0 nitrogen and oxygen atoms in total. The fraction of sp³-hybridized carbons (Fsp3) is 0.714. The van der Waals surface area contributed by atoms with Crippen LogP contribution in [0.15, 0.2) is 17.5 Å². The lowest BCUT2D eigenvalue weighted by molar-refractivity contribution is 0.223. The first-order valence-corrected chi connectivity index (χ1v) is 8.12. The molecular formula is C14H21BrS. The van der Waals surface area contributed by atoms with Crippen molar-refractivity contribution in [3.05, 3.63) is 22.4 Å². The molecule has 3 atom stereocenters. The van der Waals surface area contributed by atoms with E-state index in [1.807, 2.05) is 11.3 Å². The highest BCUT2D eigenvalue weighted by Crippen LogP contribution is 2.39. The van der Waals surface area contributed by atoms with Crippen LogP contribution in [0.3, 0.4) is 0 Å². The summed E-state index contributed by atoms with van der Waals surface area (Å²) in [4.78, 5) is 2.29. The minimum atomic E-state index is 0.740. The molecule has 1 aliphatic rings. The molecule has 1 fully saturated rings. The Kier molecular flexibility index (Phi) is 4.48. The lowest BCUT2D eigenvalue weighted by Crippen LogP contribution is -2.28. The van der Waals surface area contributed by atoms with Crippen molar-refractivity contribution in [2.75, 3.05) is 0 Å². The zero-order chi connectivity index (χ0) is 11.5. The Morgan fingerprint density at radius 3 is 2.88 bits per heavy atom. The van der Waals surface area contributed by atoms with Crippen LogP contribution in [0.4, 0.5) is 0 Å². The Hall–Kier alpha value is 0.180. The number of hydrogen-bond acceptors (Lipinski definition) is 1. The second-order valence-corrected chi connectivity index (χ2v) is 7.59. The van der Waals surface area contributed by atoms with Gasteiger partial charge in [-0.25, -0.2) is 0 Å². The molecule has 16 heavy (non-hydrogen) atoms. The van der Waals surface area contributed by atoms with E-state index in [2.05, 4.69) is 47.3 Å². The normalized spacial score (nSPS) is 30.9. The highest BCUT2D eigenvalue weighted by molar-refractivity contribution is 9.09. The van der Waals surface area contributed by atoms with Gasteiger partial charge in [0.25, 0.3) is 0 Å². The number of halogens is 1. The molecule has 90 valence electrons. The smallest absolute Gasteiger partial charge is 0.0177 e. The van der Waals surface area contributed by atoms with E-state index in [4.69, 9.17) is 0 Å². The lowest BCUT2D eigenvalue weighted by Gasteiger charge is -2.35. The second-order valence-electron chi connectivity index (χ2n) is 5.38. The van der Waals surface area contributed by atoms with E-state index in [-0.39, 0.29) is 0 Å². The van der Waals surface area contributed by atoms with Gasteiger partial charge in [0.1, 0.15) is 0 Å². The molecule has 1 aromatic rings. The highest BCUT2D eigenvalue weighted by atomic mass is 79.9. The summed E-state index contributed by atoms with van der Waals surface area (Å²) in [5, 5.41) is 2.20. The third-order valence-corrected chi connectivity index (χ3v) is 6.02. The van der Waals surface area contributed by atoms with E-state index >= 15 is 0 Å².